The lowest BCUT2D eigenvalue weighted by molar-refractivity contribution is 0.0902. The highest BCUT2D eigenvalue weighted by Gasteiger charge is 2.29. The van der Waals surface area contributed by atoms with Crippen molar-refractivity contribution in [1.29, 1.82) is 0 Å². The Balaban J connectivity index is 2.16. The molecular weight excluding hydrogens is 250 g/mol. The average molecular weight is 270 g/mol. The SMILES string of the molecule is CCC(O)C1CC(N)CN(c2ccc(F)c(F)c2)C1. The van der Waals surface area contributed by atoms with Gasteiger partial charge in [0.15, 0.2) is 11.6 Å². The molecule has 1 aliphatic heterocycles. The minimum Gasteiger partial charge on any atom is -0.393 e. The summed E-state index contributed by atoms with van der Waals surface area (Å²) in [7, 11) is 0. The normalized spacial score (nSPS) is 25.4. The topological polar surface area (TPSA) is 49.5 Å². The zero-order valence-electron chi connectivity index (χ0n) is 11.0. The van der Waals surface area contributed by atoms with Crippen LogP contribution in [0.15, 0.2) is 18.2 Å². The molecule has 3 unspecified atom stereocenters. The number of nitrogens with zero attached hydrogens (tertiary/aromatic N) is 1. The molecule has 0 radical (unpaired) electrons. The Kier molecular flexibility index (Phi) is 4.37. The van der Waals surface area contributed by atoms with Gasteiger partial charge in [-0.3, -0.25) is 0 Å². The molecule has 19 heavy (non-hydrogen) atoms. The van der Waals surface area contributed by atoms with E-state index in [1.165, 1.54) is 6.07 Å². The Morgan fingerprint density at radius 2 is 2.11 bits per heavy atom. The molecule has 0 aliphatic carbocycles. The maximum atomic E-state index is 13.3. The average Bonchev–Trinajstić information content (AvgIpc) is 2.40. The molecule has 1 heterocycles. The van der Waals surface area contributed by atoms with Crippen LogP contribution in [0.2, 0.25) is 0 Å². The molecule has 2 rings (SSSR count). The van der Waals surface area contributed by atoms with Crippen molar-refractivity contribution in [3.63, 3.8) is 0 Å². The minimum atomic E-state index is -0.857. The van der Waals surface area contributed by atoms with Crippen LogP contribution in [-0.4, -0.2) is 30.3 Å². The molecule has 0 spiro atoms. The molecule has 1 saturated heterocycles. The van der Waals surface area contributed by atoms with Crippen LogP contribution >= 0.6 is 0 Å². The summed E-state index contributed by atoms with van der Waals surface area (Å²) in [4.78, 5) is 1.92. The highest BCUT2D eigenvalue weighted by molar-refractivity contribution is 5.47. The predicted molar refractivity (Wildman–Crippen MR) is 71.0 cm³/mol. The van der Waals surface area contributed by atoms with Gasteiger partial charge in [0, 0.05) is 36.8 Å². The lowest BCUT2D eigenvalue weighted by atomic mass is 9.88. The summed E-state index contributed by atoms with van der Waals surface area (Å²) < 4.78 is 26.2. The summed E-state index contributed by atoms with van der Waals surface area (Å²) in [5.74, 6) is -1.64. The van der Waals surface area contributed by atoms with Gasteiger partial charge in [-0.05, 0) is 25.0 Å². The van der Waals surface area contributed by atoms with E-state index in [2.05, 4.69) is 0 Å². The van der Waals surface area contributed by atoms with Crippen LogP contribution in [0.5, 0.6) is 0 Å². The standard InChI is InChI=1S/C14H20F2N2O/c1-2-14(19)9-5-10(17)8-18(7-9)11-3-4-12(15)13(16)6-11/h3-4,6,9-10,14,19H,2,5,7-8,17H2,1H3. The zero-order valence-corrected chi connectivity index (χ0v) is 11.0. The highest BCUT2D eigenvalue weighted by atomic mass is 19.2. The summed E-state index contributed by atoms with van der Waals surface area (Å²) in [6, 6.07) is 3.79. The lowest BCUT2D eigenvalue weighted by Crippen LogP contribution is -2.50. The number of hydrogen-bond donors (Lipinski definition) is 2. The molecule has 3 nitrogen and oxygen atoms in total. The molecule has 0 saturated carbocycles. The predicted octanol–water partition coefficient (Wildman–Crippen LogP) is 1.89. The number of halogens is 2. The summed E-state index contributed by atoms with van der Waals surface area (Å²) in [5.41, 5.74) is 6.61. The van der Waals surface area contributed by atoms with E-state index in [-0.39, 0.29) is 12.0 Å². The van der Waals surface area contributed by atoms with Gasteiger partial charge in [-0.25, -0.2) is 8.78 Å². The van der Waals surface area contributed by atoms with E-state index >= 15 is 0 Å². The number of rotatable bonds is 3. The van der Waals surface area contributed by atoms with Gasteiger partial charge in [-0.1, -0.05) is 6.92 Å². The number of piperidine rings is 1. The maximum Gasteiger partial charge on any atom is 0.160 e. The van der Waals surface area contributed by atoms with Gasteiger partial charge in [-0.2, -0.15) is 0 Å². The first kappa shape index (κ1) is 14.2. The van der Waals surface area contributed by atoms with Crippen molar-refractivity contribution in [2.45, 2.75) is 31.9 Å². The number of nitrogens with two attached hydrogens (primary N) is 1. The molecular formula is C14H20F2N2O. The van der Waals surface area contributed by atoms with E-state index in [1.807, 2.05) is 11.8 Å². The number of hydrogen-bond acceptors (Lipinski definition) is 3. The Morgan fingerprint density at radius 1 is 1.37 bits per heavy atom. The van der Waals surface area contributed by atoms with Crippen molar-refractivity contribution >= 4 is 5.69 Å². The summed E-state index contributed by atoms with van der Waals surface area (Å²) in [6.45, 7) is 3.14. The van der Waals surface area contributed by atoms with Gasteiger partial charge in [0.2, 0.25) is 0 Å². The quantitative estimate of drug-likeness (QED) is 0.882. The van der Waals surface area contributed by atoms with Crippen LogP contribution in [0.1, 0.15) is 19.8 Å². The lowest BCUT2D eigenvalue weighted by Gasteiger charge is -2.39. The fraction of sp³-hybridized carbons (Fsp3) is 0.571. The number of aliphatic hydroxyl groups is 1. The molecule has 0 aromatic heterocycles. The van der Waals surface area contributed by atoms with Gasteiger partial charge in [-0.15, -0.1) is 0 Å². The second-order valence-electron chi connectivity index (χ2n) is 5.23. The van der Waals surface area contributed by atoms with Crippen molar-refractivity contribution in [3.8, 4) is 0 Å². The van der Waals surface area contributed by atoms with E-state index in [4.69, 9.17) is 5.73 Å². The molecule has 3 N–H and O–H groups in total. The Morgan fingerprint density at radius 3 is 2.74 bits per heavy atom. The molecule has 5 heteroatoms. The number of benzene rings is 1. The second-order valence-corrected chi connectivity index (χ2v) is 5.23. The largest absolute Gasteiger partial charge is 0.393 e. The van der Waals surface area contributed by atoms with Gasteiger partial charge < -0.3 is 15.7 Å². The van der Waals surface area contributed by atoms with Gasteiger partial charge in [0.1, 0.15) is 0 Å². The van der Waals surface area contributed by atoms with Crippen molar-refractivity contribution in [2.24, 2.45) is 11.7 Å². The van der Waals surface area contributed by atoms with Gasteiger partial charge in [0.25, 0.3) is 0 Å². The monoisotopic (exact) mass is 270 g/mol. The van der Waals surface area contributed by atoms with Gasteiger partial charge >= 0.3 is 0 Å². The molecule has 0 amide bonds. The fourth-order valence-electron chi connectivity index (χ4n) is 2.68. The number of aliphatic hydroxyl groups excluding tert-OH is 1. The molecule has 1 aromatic rings. The van der Waals surface area contributed by atoms with E-state index in [1.54, 1.807) is 6.07 Å². The van der Waals surface area contributed by atoms with Crippen molar-refractivity contribution < 1.29 is 13.9 Å². The third-order valence-corrected chi connectivity index (χ3v) is 3.75. The van der Waals surface area contributed by atoms with Crippen LogP contribution in [0.25, 0.3) is 0 Å². The van der Waals surface area contributed by atoms with E-state index in [9.17, 15) is 13.9 Å². The van der Waals surface area contributed by atoms with Crippen LogP contribution < -0.4 is 10.6 Å². The smallest absolute Gasteiger partial charge is 0.160 e. The van der Waals surface area contributed by atoms with E-state index < -0.39 is 17.7 Å². The molecule has 106 valence electrons. The molecule has 1 aromatic carbocycles. The van der Waals surface area contributed by atoms with Crippen molar-refractivity contribution in [1.82, 2.24) is 0 Å². The first-order valence-corrected chi connectivity index (χ1v) is 6.65. The Labute approximate surface area is 112 Å². The van der Waals surface area contributed by atoms with Crippen LogP contribution in [0.4, 0.5) is 14.5 Å². The Hall–Kier alpha value is -1.20. The molecule has 0 bridgehead atoms. The fourth-order valence-corrected chi connectivity index (χ4v) is 2.68. The van der Waals surface area contributed by atoms with Crippen LogP contribution in [0, 0.1) is 17.6 Å². The summed E-state index contributed by atoms with van der Waals surface area (Å²) in [6.07, 6.45) is 1.03. The van der Waals surface area contributed by atoms with E-state index in [0.29, 0.717) is 25.2 Å². The van der Waals surface area contributed by atoms with Crippen LogP contribution in [0.3, 0.4) is 0 Å². The zero-order chi connectivity index (χ0) is 14.0. The summed E-state index contributed by atoms with van der Waals surface area (Å²) >= 11 is 0. The first-order valence-electron chi connectivity index (χ1n) is 6.65. The maximum absolute atomic E-state index is 13.3. The summed E-state index contributed by atoms with van der Waals surface area (Å²) in [5, 5.41) is 9.95. The molecule has 1 fully saturated rings. The second kappa shape index (κ2) is 5.84. The van der Waals surface area contributed by atoms with Crippen molar-refractivity contribution in [3.05, 3.63) is 29.8 Å². The Bertz CT molecular complexity index is 441. The first-order chi connectivity index (χ1) is 9.01. The molecule has 3 atom stereocenters. The third kappa shape index (κ3) is 3.22. The van der Waals surface area contributed by atoms with Crippen molar-refractivity contribution in [2.75, 3.05) is 18.0 Å². The minimum absolute atomic E-state index is 0.0620. The highest BCUT2D eigenvalue weighted by Crippen LogP contribution is 2.26. The third-order valence-electron chi connectivity index (χ3n) is 3.75. The number of anilines is 1. The molecule has 1 aliphatic rings. The van der Waals surface area contributed by atoms with Gasteiger partial charge in [0.05, 0.1) is 6.10 Å². The van der Waals surface area contributed by atoms with E-state index in [0.717, 1.165) is 12.5 Å². The van der Waals surface area contributed by atoms with Crippen LogP contribution in [-0.2, 0) is 0 Å².